The lowest BCUT2D eigenvalue weighted by molar-refractivity contribution is -0.115. The number of hydrogen-bond donors (Lipinski definition) is 3. The minimum atomic E-state index is -0.355. The van der Waals surface area contributed by atoms with Gasteiger partial charge < -0.3 is 30.2 Å². The quantitative estimate of drug-likeness (QED) is 0.535. The molecule has 0 aliphatic carbocycles. The highest BCUT2D eigenvalue weighted by atomic mass is 16.5. The third kappa shape index (κ3) is 7.21. The zero-order chi connectivity index (χ0) is 23.8. The van der Waals surface area contributed by atoms with Crippen LogP contribution in [0.2, 0.25) is 0 Å². The number of amides is 3. The Bertz CT molecular complexity index is 983. The molecule has 9 nitrogen and oxygen atoms in total. The molecule has 0 radical (unpaired) electrons. The highest BCUT2D eigenvalue weighted by Gasteiger charge is 2.17. The molecular formula is C24H29N3O6. The predicted octanol–water partition coefficient (Wildman–Crippen LogP) is 3.10. The fourth-order valence-electron chi connectivity index (χ4n) is 3.49. The van der Waals surface area contributed by atoms with Crippen molar-refractivity contribution in [2.24, 2.45) is 0 Å². The first-order valence-corrected chi connectivity index (χ1v) is 10.7. The van der Waals surface area contributed by atoms with Crippen molar-refractivity contribution in [2.45, 2.75) is 39.3 Å². The summed E-state index contributed by atoms with van der Waals surface area (Å²) in [6.45, 7) is 4.22. The monoisotopic (exact) mass is 455 g/mol. The third-order valence-electron chi connectivity index (χ3n) is 4.97. The smallest absolute Gasteiger partial charge is 0.251 e. The molecule has 2 aromatic carbocycles. The lowest BCUT2D eigenvalue weighted by Crippen LogP contribution is -2.23. The van der Waals surface area contributed by atoms with E-state index in [9.17, 15) is 14.4 Å². The molecule has 2 aromatic rings. The van der Waals surface area contributed by atoms with Crippen molar-refractivity contribution in [3.05, 3.63) is 47.5 Å². The summed E-state index contributed by atoms with van der Waals surface area (Å²) in [7, 11) is 1.56. The summed E-state index contributed by atoms with van der Waals surface area (Å²) in [4.78, 5) is 35.6. The van der Waals surface area contributed by atoms with Crippen LogP contribution >= 0.6 is 0 Å². The fraction of sp³-hybridized carbons (Fsp3) is 0.375. The summed E-state index contributed by atoms with van der Waals surface area (Å²) >= 11 is 0. The summed E-state index contributed by atoms with van der Waals surface area (Å²) in [5, 5.41) is 8.11. The van der Waals surface area contributed by atoms with E-state index in [0.717, 1.165) is 25.0 Å². The molecule has 1 fully saturated rings. The Labute approximate surface area is 192 Å². The molecule has 1 aliphatic heterocycles. The molecule has 176 valence electrons. The summed E-state index contributed by atoms with van der Waals surface area (Å²) in [6, 6.07) is 10.1. The number of hydrogen-bond acceptors (Lipinski definition) is 6. The lowest BCUT2D eigenvalue weighted by atomic mass is 10.1. The largest absolute Gasteiger partial charge is 0.493 e. The van der Waals surface area contributed by atoms with Crippen LogP contribution < -0.4 is 25.4 Å². The van der Waals surface area contributed by atoms with Gasteiger partial charge in [0.1, 0.15) is 6.61 Å². The number of nitrogens with one attached hydrogen (secondary N) is 3. The maximum absolute atomic E-state index is 12.8. The number of ether oxygens (including phenoxy) is 3. The first kappa shape index (κ1) is 24.1. The van der Waals surface area contributed by atoms with Gasteiger partial charge in [0.25, 0.3) is 5.91 Å². The Morgan fingerprint density at radius 2 is 1.70 bits per heavy atom. The maximum Gasteiger partial charge on any atom is 0.251 e. The van der Waals surface area contributed by atoms with Crippen molar-refractivity contribution in [3.8, 4) is 11.5 Å². The van der Waals surface area contributed by atoms with Crippen LogP contribution in [0.25, 0.3) is 0 Å². The Balaban J connectivity index is 1.66. The SMILES string of the molecule is COc1cc(CNC(=O)c2cc(NC(C)=O)cc(NC(C)=O)c2)ccc1OCC1CCCO1. The van der Waals surface area contributed by atoms with Crippen LogP contribution in [0.15, 0.2) is 36.4 Å². The van der Waals surface area contributed by atoms with E-state index in [0.29, 0.717) is 35.0 Å². The topological polar surface area (TPSA) is 115 Å². The Hall–Kier alpha value is -3.59. The normalized spacial score (nSPS) is 14.9. The predicted molar refractivity (Wildman–Crippen MR) is 124 cm³/mol. The Morgan fingerprint density at radius 3 is 2.27 bits per heavy atom. The summed E-state index contributed by atoms with van der Waals surface area (Å²) in [5.74, 6) is 0.267. The van der Waals surface area contributed by atoms with Crippen LogP contribution in [0.3, 0.4) is 0 Å². The zero-order valence-electron chi connectivity index (χ0n) is 19.0. The number of methoxy groups -OCH3 is 1. The molecule has 1 atom stereocenters. The van der Waals surface area contributed by atoms with Crippen molar-refractivity contribution in [3.63, 3.8) is 0 Å². The molecule has 1 heterocycles. The van der Waals surface area contributed by atoms with E-state index in [1.54, 1.807) is 25.3 Å². The van der Waals surface area contributed by atoms with Gasteiger partial charge >= 0.3 is 0 Å². The van der Waals surface area contributed by atoms with Crippen LogP contribution in [0, 0.1) is 0 Å². The average molecular weight is 456 g/mol. The standard InChI is InChI=1S/C24H29N3O6/c1-15(28)26-19-10-18(11-20(12-19)27-16(2)29)24(30)25-13-17-6-7-22(23(9-17)31-3)33-14-21-5-4-8-32-21/h6-7,9-12,21H,4-5,8,13-14H2,1-3H3,(H,25,30)(H,26,28)(H,27,29). The van der Waals surface area contributed by atoms with Crippen molar-refractivity contribution in [2.75, 3.05) is 31.0 Å². The van der Waals surface area contributed by atoms with Gasteiger partial charge in [-0.2, -0.15) is 0 Å². The van der Waals surface area contributed by atoms with Crippen LogP contribution in [0.4, 0.5) is 11.4 Å². The van der Waals surface area contributed by atoms with E-state index in [1.165, 1.54) is 13.8 Å². The number of rotatable bonds is 9. The van der Waals surface area contributed by atoms with Gasteiger partial charge in [0.15, 0.2) is 11.5 Å². The van der Waals surface area contributed by atoms with Gasteiger partial charge in [-0.05, 0) is 48.7 Å². The van der Waals surface area contributed by atoms with Crippen LogP contribution in [-0.2, 0) is 20.9 Å². The van der Waals surface area contributed by atoms with Crippen molar-refractivity contribution in [1.29, 1.82) is 0 Å². The van der Waals surface area contributed by atoms with Gasteiger partial charge in [-0.1, -0.05) is 6.07 Å². The molecule has 3 amide bonds. The second-order valence-corrected chi connectivity index (χ2v) is 7.78. The number of anilines is 2. The second-order valence-electron chi connectivity index (χ2n) is 7.78. The summed E-state index contributed by atoms with van der Waals surface area (Å²) in [5.41, 5.74) is 1.94. The summed E-state index contributed by atoms with van der Waals surface area (Å²) < 4.78 is 16.9. The number of benzene rings is 2. The molecule has 0 spiro atoms. The van der Waals surface area contributed by atoms with Gasteiger partial charge in [-0.15, -0.1) is 0 Å². The van der Waals surface area contributed by atoms with E-state index in [-0.39, 0.29) is 30.4 Å². The molecular weight excluding hydrogens is 426 g/mol. The highest BCUT2D eigenvalue weighted by molar-refractivity contribution is 5.99. The first-order valence-electron chi connectivity index (χ1n) is 10.7. The molecule has 0 aromatic heterocycles. The number of carbonyl (C=O) groups is 3. The molecule has 3 rings (SSSR count). The van der Waals surface area contributed by atoms with Crippen LogP contribution in [0.1, 0.15) is 42.6 Å². The van der Waals surface area contributed by atoms with Gasteiger partial charge in [-0.25, -0.2) is 0 Å². The Kier molecular flexibility index (Phi) is 8.26. The lowest BCUT2D eigenvalue weighted by Gasteiger charge is -2.15. The van der Waals surface area contributed by atoms with E-state index in [1.807, 2.05) is 18.2 Å². The molecule has 1 saturated heterocycles. The van der Waals surface area contributed by atoms with Crippen molar-refractivity contribution in [1.82, 2.24) is 5.32 Å². The minimum Gasteiger partial charge on any atom is -0.493 e. The van der Waals surface area contributed by atoms with E-state index in [2.05, 4.69) is 16.0 Å². The molecule has 0 saturated carbocycles. The molecule has 9 heteroatoms. The average Bonchev–Trinajstić information content (AvgIpc) is 3.28. The van der Waals surface area contributed by atoms with E-state index < -0.39 is 0 Å². The zero-order valence-corrected chi connectivity index (χ0v) is 19.0. The molecule has 0 bridgehead atoms. The van der Waals surface area contributed by atoms with Crippen molar-refractivity contribution < 1.29 is 28.6 Å². The van der Waals surface area contributed by atoms with Gasteiger partial charge in [-0.3, -0.25) is 14.4 Å². The maximum atomic E-state index is 12.8. The Morgan fingerprint density at radius 1 is 1.00 bits per heavy atom. The first-order chi connectivity index (χ1) is 15.8. The highest BCUT2D eigenvalue weighted by Crippen LogP contribution is 2.29. The van der Waals surface area contributed by atoms with Crippen LogP contribution in [-0.4, -0.2) is 44.1 Å². The van der Waals surface area contributed by atoms with Crippen molar-refractivity contribution >= 4 is 29.1 Å². The fourth-order valence-corrected chi connectivity index (χ4v) is 3.49. The van der Waals surface area contributed by atoms with E-state index in [4.69, 9.17) is 14.2 Å². The molecule has 3 N–H and O–H groups in total. The van der Waals surface area contributed by atoms with E-state index >= 15 is 0 Å². The van der Waals surface area contributed by atoms with Gasteiger partial charge in [0, 0.05) is 43.9 Å². The van der Waals surface area contributed by atoms with Gasteiger partial charge in [0.2, 0.25) is 11.8 Å². The molecule has 1 aliphatic rings. The minimum absolute atomic E-state index is 0.101. The number of carbonyl (C=O) groups excluding carboxylic acids is 3. The molecule has 1 unspecified atom stereocenters. The third-order valence-corrected chi connectivity index (χ3v) is 4.97. The summed E-state index contributed by atoms with van der Waals surface area (Å²) in [6.07, 6.45) is 2.13. The molecule has 33 heavy (non-hydrogen) atoms. The van der Waals surface area contributed by atoms with Gasteiger partial charge in [0.05, 0.1) is 13.2 Å². The van der Waals surface area contributed by atoms with Crippen LogP contribution in [0.5, 0.6) is 11.5 Å². The second kappa shape index (κ2) is 11.3.